The minimum Gasteiger partial charge on any atom is -0.483 e. The Hall–Kier alpha value is -3.31. The fourth-order valence-corrected chi connectivity index (χ4v) is 3.53. The fraction of sp³-hybridized carbons (Fsp3) is 0.200. The number of carbonyl (C=O) groups excluding carboxylic acids is 1. The molecule has 0 fully saturated rings. The Kier molecular flexibility index (Phi) is 6.23. The van der Waals surface area contributed by atoms with Gasteiger partial charge in [-0.1, -0.05) is 30.1 Å². The number of ether oxygens (including phenoxy) is 2. The van der Waals surface area contributed by atoms with E-state index in [1.54, 1.807) is 31.2 Å². The van der Waals surface area contributed by atoms with E-state index >= 15 is 0 Å². The number of aryl methyl sites for hydroxylation is 1. The van der Waals surface area contributed by atoms with Gasteiger partial charge in [-0.25, -0.2) is 0 Å². The van der Waals surface area contributed by atoms with Gasteiger partial charge in [0.15, 0.2) is 18.0 Å². The topological polar surface area (TPSA) is 61.6 Å². The average molecular weight is 436 g/mol. The number of hydrogen-bond donors (Lipinski definition) is 0. The highest BCUT2D eigenvalue weighted by atomic mass is 35.5. The molecule has 0 aliphatic rings. The molecule has 0 aliphatic heterocycles. The lowest BCUT2D eigenvalue weighted by atomic mass is 9.98. The molecular weight excluding hydrogens is 414 g/mol. The third kappa shape index (κ3) is 4.72. The van der Waals surface area contributed by atoms with E-state index in [4.69, 9.17) is 25.6 Å². The molecule has 0 unspecified atom stereocenters. The summed E-state index contributed by atoms with van der Waals surface area (Å²) in [4.78, 5) is 10.9. The van der Waals surface area contributed by atoms with Crippen LogP contribution in [0.25, 0.3) is 22.2 Å². The van der Waals surface area contributed by atoms with E-state index in [-0.39, 0.29) is 0 Å². The molecule has 1 aromatic heterocycles. The number of halogens is 1. The molecule has 0 radical (unpaired) electrons. The van der Waals surface area contributed by atoms with E-state index in [2.05, 4.69) is 12.1 Å². The standard InChI is InChI=1S/C25H22ClNO4/c1-3-4-17-13-20(30-19-7-5-18(26)6-8-19)9-11-22(17)25-23-14-21(29-16(2)15-28)10-12-24(23)31-27-25/h5-16H,3-4H2,1-2H3/t16-/m0/s1. The van der Waals surface area contributed by atoms with Crippen LogP contribution in [-0.4, -0.2) is 17.5 Å². The van der Waals surface area contributed by atoms with E-state index < -0.39 is 6.10 Å². The van der Waals surface area contributed by atoms with Crippen molar-refractivity contribution in [1.29, 1.82) is 0 Å². The Bertz CT molecular complexity index is 1200. The molecule has 0 saturated carbocycles. The molecule has 6 heteroatoms. The van der Waals surface area contributed by atoms with Gasteiger partial charge in [0.05, 0.1) is 5.39 Å². The molecule has 0 N–H and O–H groups in total. The second-order valence-electron chi connectivity index (χ2n) is 7.27. The van der Waals surface area contributed by atoms with Gasteiger partial charge in [0.2, 0.25) is 0 Å². The van der Waals surface area contributed by atoms with Gasteiger partial charge in [0.1, 0.15) is 22.9 Å². The third-order valence-electron chi connectivity index (χ3n) is 4.86. The van der Waals surface area contributed by atoms with Crippen LogP contribution in [0.1, 0.15) is 25.8 Å². The molecule has 5 nitrogen and oxygen atoms in total. The van der Waals surface area contributed by atoms with Crippen molar-refractivity contribution in [3.8, 4) is 28.5 Å². The number of aromatic nitrogens is 1. The number of hydrogen-bond acceptors (Lipinski definition) is 5. The Morgan fingerprint density at radius 3 is 2.52 bits per heavy atom. The van der Waals surface area contributed by atoms with Crippen molar-refractivity contribution in [1.82, 2.24) is 5.16 Å². The van der Waals surface area contributed by atoms with Gasteiger partial charge in [-0.2, -0.15) is 0 Å². The largest absolute Gasteiger partial charge is 0.483 e. The summed E-state index contributed by atoms with van der Waals surface area (Å²) in [5.41, 5.74) is 3.48. The van der Waals surface area contributed by atoms with Crippen LogP contribution >= 0.6 is 11.6 Å². The second kappa shape index (κ2) is 9.23. The van der Waals surface area contributed by atoms with Crippen molar-refractivity contribution in [3.63, 3.8) is 0 Å². The Labute approximate surface area is 185 Å². The van der Waals surface area contributed by atoms with Crippen molar-refractivity contribution >= 4 is 28.9 Å². The summed E-state index contributed by atoms with van der Waals surface area (Å²) < 4.78 is 17.2. The van der Waals surface area contributed by atoms with Crippen LogP contribution in [0.3, 0.4) is 0 Å². The SMILES string of the molecule is CCCc1cc(Oc2ccc(Cl)cc2)ccc1-c1noc2ccc(O[C@@H](C)C=O)cc12. The monoisotopic (exact) mass is 435 g/mol. The summed E-state index contributed by atoms with van der Waals surface area (Å²) in [5, 5.41) is 5.81. The van der Waals surface area contributed by atoms with Gasteiger partial charge >= 0.3 is 0 Å². The Morgan fingerprint density at radius 2 is 1.77 bits per heavy atom. The van der Waals surface area contributed by atoms with Crippen molar-refractivity contribution < 1.29 is 18.8 Å². The van der Waals surface area contributed by atoms with Crippen LogP contribution in [0.2, 0.25) is 5.02 Å². The maximum atomic E-state index is 10.9. The average Bonchev–Trinajstić information content (AvgIpc) is 3.19. The van der Waals surface area contributed by atoms with Crippen LogP contribution in [0, 0.1) is 0 Å². The predicted octanol–water partition coefficient (Wildman–Crippen LogP) is 6.86. The van der Waals surface area contributed by atoms with E-state index in [9.17, 15) is 4.79 Å². The van der Waals surface area contributed by atoms with Crippen LogP contribution in [0.4, 0.5) is 0 Å². The normalized spacial score (nSPS) is 12.0. The van der Waals surface area contributed by atoms with E-state index in [0.717, 1.165) is 52.8 Å². The molecule has 0 saturated heterocycles. The predicted molar refractivity (Wildman–Crippen MR) is 121 cm³/mol. The van der Waals surface area contributed by atoms with Crippen LogP contribution in [0.15, 0.2) is 65.2 Å². The lowest BCUT2D eigenvalue weighted by Gasteiger charge is -2.12. The molecule has 4 aromatic rings. The Morgan fingerprint density at radius 1 is 1.03 bits per heavy atom. The molecule has 4 rings (SSSR count). The number of fused-ring (bicyclic) bond motifs is 1. The molecule has 0 aliphatic carbocycles. The van der Waals surface area contributed by atoms with Gasteiger partial charge in [-0.05, 0) is 79.6 Å². The van der Waals surface area contributed by atoms with E-state index in [1.165, 1.54) is 0 Å². The molecular formula is C25H22ClNO4. The van der Waals surface area contributed by atoms with Crippen molar-refractivity contribution in [2.45, 2.75) is 32.8 Å². The first-order valence-electron chi connectivity index (χ1n) is 10.2. The fourth-order valence-electron chi connectivity index (χ4n) is 3.41. The summed E-state index contributed by atoms with van der Waals surface area (Å²) in [6.07, 6.45) is 2.07. The lowest BCUT2D eigenvalue weighted by molar-refractivity contribution is -0.113. The highest BCUT2D eigenvalue weighted by molar-refractivity contribution is 6.30. The summed E-state index contributed by atoms with van der Waals surface area (Å²) >= 11 is 5.96. The van der Waals surface area contributed by atoms with Gasteiger partial charge in [-0.3, -0.25) is 4.79 Å². The Balaban J connectivity index is 1.71. The minimum absolute atomic E-state index is 0.527. The molecule has 1 heterocycles. The smallest absolute Gasteiger partial charge is 0.167 e. The summed E-state index contributed by atoms with van der Waals surface area (Å²) in [5.74, 6) is 2.06. The molecule has 0 amide bonds. The van der Waals surface area contributed by atoms with Crippen LogP contribution in [0.5, 0.6) is 17.2 Å². The molecule has 3 aromatic carbocycles. The summed E-state index contributed by atoms with van der Waals surface area (Å²) in [6, 6.07) is 18.6. The van der Waals surface area contributed by atoms with Gasteiger partial charge in [-0.15, -0.1) is 0 Å². The maximum Gasteiger partial charge on any atom is 0.167 e. The number of nitrogens with zero attached hydrogens (tertiary/aromatic N) is 1. The van der Waals surface area contributed by atoms with Crippen molar-refractivity contribution in [3.05, 3.63) is 71.2 Å². The highest BCUT2D eigenvalue weighted by Gasteiger charge is 2.16. The second-order valence-corrected chi connectivity index (χ2v) is 7.71. The zero-order chi connectivity index (χ0) is 21.8. The van der Waals surface area contributed by atoms with Gasteiger partial charge in [0.25, 0.3) is 0 Å². The number of aldehydes is 1. The first-order chi connectivity index (χ1) is 15.1. The lowest BCUT2D eigenvalue weighted by Crippen LogP contribution is -2.12. The van der Waals surface area contributed by atoms with Crippen LogP contribution < -0.4 is 9.47 Å². The third-order valence-corrected chi connectivity index (χ3v) is 5.11. The number of benzene rings is 3. The molecule has 0 bridgehead atoms. The van der Waals surface area contributed by atoms with Crippen molar-refractivity contribution in [2.75, 3.05) is 0 Å². The molecule has 31 heavy (non-hydrogen) atoms. The summed E-state index contributed by atoms with van der Waals surface area (Å²) in [7, 11) is 0. The van der Waals surface area contributed by atoms with Crippen molar-refractivity contribution in [2.24, 2.45) is 0 Å². The number of carbonyl (C=O) groups is 1. The van der Waals surface area contributed by atoms with Gasteiger partial charge < -0.3 is 14.0 Å². The minimum atomic E-state index is -0.527. The first-order valence-corrected chi connectivity index (χ1v) is 10.5. The van der Waals surface area contributed by atoms with Crippen LogP contribution in [-0.2, 0) is 11.2 Å². The zero-order valence-electron chi connectivity index (χ0n) is 17.3. The van der Waals surface area contributed by atoms with Gasteiger partial charge in [0, 0.05) is 10.6 Å². The first kappa shape index (κ1) is 20.9. The zero-order valence-corrected chi connectivity index (χ0v) is 18.1. The molecule has 0 spiro atoms. The quantitative estimate of drug-likeness (QED) is 0.283. The highest BCUT2D eigenvalue weighted by Crippen LogP contribution is 2.35. The van der Waals surface area contributed by atoms with E-state index in [0.29, 0.717) is 16.4 Å². The number of rotatable bonds is 8. The molecule has 1 atom stereocenters. The maximum absolute atomic E-state index is 10.9. The molecule has 158 valence electrons. The van der Waals surface area contributed by atoms with E-state index in [1.807, 2.05) is 36.4 Å². The summed E-state index contributed by atoms with van der Waals surface area (Å²) in [6.45, 7) is 3.83.